The van der Waals surface area contributed by atoms with E-state index in [1.54, 1.807) is 0 Å². The lowest BCUT2D eigenvalue weighted by Gasteiger charge is -2.11. The van der Waals surface area contributed by atoms with Gasteiger partial charge in [0.25, 0.3) is 0 Å². The van der Waals surface area contributed by atoms with Gasteiger partial charge < -0.3 is 20.4 Å². The second-order valence-corrected chi connectivity index (χ2v) is 5.37. The molecule has 1 atom stereocenters. The van der Waals surface area contributed by atoms with Gasteiger partial charge in [-0.1, -0.05) is 0 Å². The Labute approximate surface area is 136 Å². The van der Waals surface area contributed by atoms with Crippen molar-refractivity contribution in [3.63, 3.8) is 0 Å². The zero-order chi connectivity index (χ0) is 16.7. The number of aliphatic hydroxyl groups is 2. The summed E-state index contributed by atoms with van der Waals surface area (Å²) >= 11 is 0. The summed E-state index contributed by atoms with van der Waals surface area (Å²) in [5.74, 6) is 0. The molecule has 6 heteroatoms. The van der Waals surface area contributed by atoms with Gasteiger partial charge in [-0.2, -0.15) is 10.2 Å². The topological polar surface area (TPSA) is 80.5 Å². The Bertz CT molecular complexity index is 624. The lowest BCUT2D eigenvalue weighted by atomic mass is 10.2. The Kier molecular flexibility index (Phi) is 6.08. The maximum atomic E-state index is 9.29. The average molecular weight is 314 g/mol. The van der Waals surface area contributed by atoms with Crippen molar-refractivity contribution in [2.24, 2.45) is 10.2 Å². The molecular weight excluding hydrogens is 292 g/mol. The highest BCUT2D eigenvalue weighted by Gasteiger charge is 2.01. The van der Waals surface area contributed by atoms with Crippen molar-refractivity contribution in [2.75, 3.05) is 37.5 Å². The second-order valence-electron chi connectivity index (χ2n) is 5.37. The Morgan fingerprint density at radius 1 is 0.957 bits per heavy atom. The van der Waals surface area contributed by atoms with Crippen molar-refractivity contribution in [1.29, 1.82) is 0 Å². The van der Waals surface area contributed by atoms with Crippen LogP contribution in [0.4, 0.5) is 22.7 Å². The third kappa shape index (κ3) is 5.36. The lowest BCUT2D eigenvalue weighted by molar-refractivity contribution is 0.105. The van der Waals surface area contributed by atoms with E-state index >= 15 is 0 Å². The van der Waals surface area contributed by atoms with Gasteiger partial charge in [-0.3, -0.25) is 0 Å². The van der Waals surface area contributed by atoms with Crippen LogP contribution in [0.5, 0.6) is 0 Å². The SMILES string of the molecule is CN(C)c1ccc(N=Nc2ccc(NCC(O)CO)cc2)cc1. The predicted molar refractivity (Wildman–Crippen MR) is 93.0 cm³/mol. The number of azo groups is 1. The number of hydrogen-bond acceptors (Lipinski definition) is 6. The molecule has 0 fully saturated rings. The first-order valence-electron chi connectivity index (χ1n) is 7.40. The molecule has 0 aliphatic carbocycles. The van der Waals surface area contributed by atoms with Gasteiger partial charge in [0, 0.05) is 32.0 Å². The molecule has 1 unspecified atom stereocenters. The highest BCUT2D eigenvalue weighted by atomic mass is 16.3. The Hall–Kier alpha value is -2.44. The number of nitrogens with zero attached hydrogens (tertiary/aromatic N) is 3. The summed E-state index contributed by atoms with van der Waals surface area (Å²) in [6.45, 7) is 0.0432. The largest absolute Gasteiger partial charge is 0.394 e. The fourth-order valence-electron chi connectivity index (χ4n) is 1.88. The fraction of sp³-hybridized carbons (Fsp3) is 0.294. The minimum absolute atomic E-state index is 0.258. The lowest BCUT2D eigenvalue weighted by Crippen LogP contribution is -2.22. The molecule has 0 bridgehead atoms. The highest BCUT2D eigenvalue weighted by molar-refractivity contribution is 5.53. The van der Waals surface area contributed by atoms with Crippen LogP contribution in [0.2, 0.25) is 0 Å². The molecule has 0 aromatic heterocycles. The molecule has 0 saturated heterocycles. The minimum Gasteiger partial charge on any atom is -0.394 e. The fourth-order valence-corrected chi connectivity index (χ4v) is 1.88. The average Bonchev–Trinajstić information content (AvgIpc) is 2.59. The van der Waals surface area contributed by atoms with Crippen LogP contribution in [-0.4, -0.2) is 43.6 Å². The van der Waals surface area contributed by atoms with Crippen molar-refractivity contribution >= 4 is 22.7 Å². The third-order valence-corrected chi connectivity index (χ3v) is 3.27. The van der Waals surface area contributed by atoms with Crippen molar-refractivity contribution in [3.8, 4) is 0 Å². The van der Waals surface area contributed by atoms with Crippen molar-refractivity contribution in [3.05, 3.63) is 48.5 Å². The maximum Gasteiger partial charge on any atom is 0.0942 e. The molecule has 0 aliphatic rings. The highest BCUT2D eigenvalue weighted by Crippen LogP contribution is 2.22. The minimum atomic E-state index is -0.764. The van der Waals surface area contributed by atoms with E-state index in [-0.39, 0.29) is 6.61 Å². The molecule has 0 amide bonds. The van der Waals surface area contributed by atoms with E-state index < -0.39 is 6.10 Å². The van der Waals surface area contributed by atoms with Gasteiger partial charge in [0.1, 0.15) is 0 Å². The molecular formula is C17H22N4O2. The Balaban J connectivity index is 1.94. The summed E-state index contributed by atoms with van der Waals surface area (Å²) in [6, 6.07) is 15.2. The molecule has 6 nitrogen and oxygen atoms in total. The van der Waals surface area contributed by atoms with E-state index in [1.165, 1.54) is 0 Å². The van der Waals surface area contributed by atoms with Crippen LogP contribution < -0.4 is 10.2 Å². The molecule has 0 aliphatic heterocycles. The van der Waals surface area contributed by atoms with E-state index in [2.05, 4.69) is 15.5 Å². The number of anilines is 2. The molecule has 0 heterocycles. The van der Waals surface area contributed by atoms with Gasteiger partial charge in [-0.25, -0.2) is 0 Å². The Morgan fingerprint density at radius 3 is 1.96 bits per heavy atom. The van der Waals surface area contributed by atoms with Crippen LogP contribution in [-0.2, 0) is 0 Å². The molecule has 0 spiro atoms. The van der Waals surface area contributed by atoms with E-state index in [9.17, 15) is 5.11 Å². The van der Waals surface area contributed by atoms with E-state index in [4.69, 9.17) is 5.11 Å². The van der Waals surface area contributed by atoms with Crippen LogP contribution in [0.1, 0.15) is 0 Å². The first-order valence-corrected chi connectivity index (χ1v) is 7.40. The van der Waals surface area contributed by atoms with Crippen LogP contribution in [0.3, 0.4) is 0 Å². The zero-order valence-electron chi connectivity index (χ0n) is 13.3. The van der Waals surface area contributed by atoms with E-state index in [0.717, 1.165) is 22.7 Å². The van der Waals surface area contributed by atoms with Gasteiger partial charge in [0.2, 0.25) is 0 Å². The van der Waals surface area contributed by atoms with Gasteiger partial charge in [0.05, 0.1) is 24.1 Å². The molecule has 0 saturated carbocycles. The summed E-state index contributed by atoms with van der Waals surface area (Å²) in [4.78, 5) is 2.03. The summed E-state index contributed by atoms with van der Waals surface area (Å²) < 4.78 is 0. The molecule has 23 heavy (non-hydrogen) atoms. The third-order valence-electron chi connectivity index (χ3n) is 3.27. The summed E-state index contributed by atoms with van der Waals surface area (Å²) in [5.41, 5.74) is 3.51. The van der Waals surface area contributed by atoms with Crippen LogP contribution in [0.25, 0.3) is 0 Å². The summed E-state index contributed by atoms with van der Waals surface area (Å²) in [5, 5.41) is 29.5. The van der Waals surface area contributed by atoms with Gasteiger partial charge in [0.15, 0.2) is 0 Å². The van der Waals surface area contributed by atoms with Gasteiger partial charge in [-0.15, -0.1) is 0 Å². The molecule has 2 aromatic rings. The normalized spacial score (nSPS) is 12.3. The van der Waals surface area contributed by atoms with Crippen molar-refractivity contribution < 1.29 is 10.2 Å². The zero-order valence-corrected chi connectivity index (χ0v) is 13.3. The molecule has 122 valence electrons. The van der Waals surface area contributed by atoms with Gasteiger partial charge >= 0.3 is 0 Å². The molecule has 2 aromatic carbocycles. The number of nitrogens with one attached hydrogen (secondary N) is 1. The predicted octanol–water partition coefficient (Wildman–Crippen LogP) is 2.93. The monoisotopic (exact) mass is 314 g/mol. The number of benzene rings is 2. The van der Waals surface area contributed by atoms with E-state index in [1.807, 2.05) is 67.5 Å². The summed E-state index contributed by atoms with van der Waals surface area (Å²) in [7, 11) is 3.98. The summed E-state index contributed by atoms with van der Waals surface area (Å²) in [6.07, 6.45) is -0.764. The van der Waals surface area contributed by atoms with Crippen molar-refractivity contribution in [1.82, 2.24) is 0 Å². The van der Waals surface area contributed by atoms with E-state index in [0.29, 0.717) is 6.54 Å². The van der Waals surface area contributed by atoms with Crippen LogP contribution in [0, 0.1) is 0 Å². The molecule has 2 rings (SSSR count). The maximum absolute atomic E-state index is 9.29. The first kappa shape index (κ1) is 16.9. The Morgan fingerprint density at radius 2 is 1.48 bits per heavy atom. The standard InChI is InChI=1S/C17H22N4O2/c1-21(2)16-9-7-15(8-10-16)20-19-14-5-3-13(4-6-14)18-11-17(23)12-22/h3-10,17-18,22-23H,11-12H2,1-2H3. The van der Waals surface area contributed by atoms with Crippen LogP contribution in [0.15, 0.2) is 58.8 Å². The second kappa shape index (κ2) is 8.26. The smallest absolute Gasteiger partial charge is 0.0942 e. The number of rotatable bonds is 7. The number of aliphatic hydroxyl groups excluding tert-OH is 2. The van der Waals surface area contributed by atoms with Crippen molar-refractivity contribution in [2.45, 2.75) is 6.10 Å². The van der Waals surface area contributed by atoms with Crippen LogP contribution >= 0.6 is 0 Å². The molecule has 0 radical (unpaired) electrons. The quantitative estimate of drug-likeness (QED) is 0.686. The number of hydrogen-bond donors (Lipinski definition) is 3. The molecule has 3 N–H and O–H groups in total. The first-order chi connectivity index (χ1) is 11.1. The van der Waals surface area contributed by atoms with Gasteiger partial charge in [-0.05, 0) is 48.5 Å².